The first-order valence-electron chi connectivity index (χ1n) is 5.97. The van der Waals surface area contributed by atoms with Gasteiger partial charge in [0.15, 0.2) is 0 Å². The lowest BCUT2D eigenvalue weighted by Gasteiger charge is -2.06. The third kappa shape index (κ3) is 3.40. The highest BCUT2D eigenvalue weighted by Crippen LogP contribution is 2.11. The summed E-state index contributed by atoms with van der Waals surface area (Å²) in [6.45, 7) is 1.63. The van der Waals surface area contributed by atoms with Gasteiger partial charge in [-0.1, -0.05) is 11.8 Å². The lowest BCUT2D eigenvalue weighted by atomic mass is 10.1. The van der Waals surface area contributed by atoms with Gasteiger partial charge in [0.25, 0.3) is 5.91 Å². The number of pyridine rings is 2. The van der Waals surface area contributed by atoms with Gasteiger partial charge in [-0.05, 0) is 24.6 Å². The zero-order valence-electron chi connectivity index (χ0n) is 10.9. The normalized spacial score (nSPS) is 9.50. The molecule has 0 aliphatic rings. The van der Waals surface area contributed by atoms with Crippen LogP contribution in [0.25, 0.3) is 0 Å². The van der Waals surface area contributed by atoms with Crippen LogP contribution >= 0.6 is 0 Å². The topological polar surface area (TPSA) is 75.1 Å². The maximum absolute atomic E-state index is 12.2. The lowest BCUT2D eigenvalue weighted by molar-refractivity contribution is 0.102. The number of aliphatic hydroxyl groups excluding tert-OH is 1. The van der Waals surface area contributed by atoms with Crippen molar-refractivity contribution in [1.82, 2.24) is 9.97 Å². The number of aliphatic hydroxyl groups is 1. The predicted molar refractivity (Wildman–Crippen MR) is 75.1 cm³/mol. The number of hydrogen-bond donors (Lipinski definition) is 2. The third-order valence-corrected chi connectivity index (χ3v) is 2.50. The Bertz CT molecular complexity index is 687. The number of nitrogens with one attached hydrogen (secondary N) is 1. The molecule has 0 radical (unpaired) electrons. The molecule has 2 aromatic heterocycles. The van der Waals surface area contributed by atoms with Crippen molar-refractivity contribution >= 4 is 11.6 Å². The molecule has 2 N–H and O–H groups in total. The van der Waals surface area contributed by atoms with Crippen molar-refractivity contribution in [1.29, 1.82) is 0 Å². The molecule has 0 fully saturated rings. The number of rotatable bonds is 2. The van der Waals surface area contributed by atoms with E-state index in [1.54, 1.807) is 18.5 Å². The molecule has 2 heterocycles. The number of carbonyl (C=O) groups is 1. The molecule has 5 nitrogen and oxygen atoms in total. The van der Waals surface area contributed by atoms with Gasteiger partial charge in [-0.2, -0.15) is 0 Å². The minimum atomic E-state index is -0.290. The molecule has 1 amide bonds. The zero-order valence-corrected chi connectivity index (χ0v) is 10.9. The van der Waals surface area contributed by atoms with E-state index in [-0.39, 0.29) is 12.5 Å². The molecule has 0 saturated heterocycles. The van der Waals surface area contributed by atoms with E-state index in [1.165, 1.54) is 12.4 Å². The number of aryl methyl sites for hydroxylation is 1. The maximum Gasteiger partial charge on any atom is 0.257 e. The molecule has 2 aromatic rings. The number of nitrogens with zero attached hydrogens (tertiary/aromatic N) is 2. The Morgan fingerprint density at radius 3 is 2.95 bits per heavy atom. The van der Waals surface area contributed by atoms with Gasteiger partial charge in [-0.15, -0.1) is 0 Å². The van der Waals surface area contributed by atoms with Crippen LogP contribution in [0.1, 0.15) is 21.5 Å². The Balaban J connectivity index is 2.25. The summed E-state index contributed by atoms with van der Waals surface area (Å²) in [5.41, 5.74) is 2.45. The van der Waals surface area contributed by atoms with Crippen LogP contribution in [-0.2, 0) is 0 Å². The number of amides is 1. The lowest BCUT2D eigenvalue weighted by Crippen LogP contribution is -2.14. The van der Waals surface area contributed by atoms with Crippen molar-refractivity contribution in [2.24, 2.45) is 0 Å². The number of anilines is 1. The average molecular weight is 267 g/mol. The van der Waals surface area contributed by atoms with Crippen LogP contribution < -0.4 is 5.32 Å². The van der Waals surface area contributed by atoms with E-state index in [0.717, 1.165) is 5.56 Å². The largest absolute Gasteiger partial charge is 0.384 e. The van der Waals surface area contributed by atoms with E-state index in [9.17, 15) is 4.79 Å². The summed E-state index contributed by atoms with van der Waals surface area (Å²) in [5, 5.41) is 11.5. The standard InChI is InChI=1S/C15H13N3O2/c1-11-7-13(10-17-8-11)18-15(20)14-4-5-16-9-12(14)3-2-6-19/h4-5,7-10,19H,6H2,1H3,(H,18,20). The third-order valence-electron chi connectivity index (χ3n) is 2.50. The summed E-state index contributed by atoms with van der Waals surface area (Å²) in [7, 11) is 0. The summed E-state index contributed by atoms with van der Waals surface area (Å²) >= 11 is 0. The molecule has 0 unspecified atom stereocenters. The summed E-state index contributed by atoms with van der Waals surface area (Å²) in [6, 6.07) is 3.41. The van der Waals surface area contributed by atoms with Crippen molar-refractivity contribution in [2.45, 2.75) is 6.92 Å². The van der Waals surface area contributed by atoms with Crippen molar-refractivity contribution in [3.63, 3.8) is 0 Å². The van der Waals surface area contributed by atoms with Gasteiger partial charge in [-0.3, -0.25) is 14.8 Å². The van der Waals surface area contributed by atoms with Crippen LogP contribution in [0.4, 0.5) is 5.69 Å². The molecule has 2 rings (SSSR count). The Kier molecular flexibility index (Phi) is 4.43. The summed E-state index contributed by atoms with van der Waals surface area (Å²) < 4.78 is 0. The van der Waals surface area contributed by atoms with Crippen molar-refractivity contribution in [3.8, 4) is 11.8 Å². The predicted octanol–water partition coefficient (Wildman–Crippen LogP) is 1.38. The molecule has 0 spiro atoms. The summed E-state index contributed by atoms with van der Waals surface area (Å²) in [5.74, 6) is 4.92. The van der Waals surface area contributed by atoms with Crippen LogP contribution in [0.3, 0.4) is 0 Å². The Hall–Kier alpha value is -2.71. The highest BCUT2D eigenvalue weighted by atomic mass is 16.2. The highest BCUT2D eigenvalue weighted by Gasteiger charge is 2.10. The van der Waals surface area contributed by atoms with E-state index in [1.807, 2.05) is 13.0 Å². The molecular weight excluding hydrogens is 254 g/mol. The van der Waals surface area contributed by atoms with Gasteiger partial charge in [0.1, 0.15) is 6.61 Å². The molecule has 0 bridgehead atoms. The van der Waals surface area contributed by atoms with E-state index < -0.39 is 0 Å². The summed E-state index contributed by atoms with van der Waals surface area (Å²) in [6.07, 6.45) is 6.30. The Morgan fingerprint density at radius 1 is 1.35 bits per heavy atom. The van der Waals surface area contributed by atoms with Crippen LogP contribution in [0.2, 0.25) is 0 Å². The van der Waals surface area contributed by atoms with E-state index in [2.05, 4.69) is 27.1 Å². The quantitative estimate of drug-likeness (QED) is 0.806. The molecule has 0 saturated carbocycles. The van der Waals surface area contributed by atoms with E-state index in [0.29, 0.717) is 16.8 Å². The number of aromatic nitrogens is 2. The molecule has 0 aliphatic carbocycles. The fraction of sp³-hybridized carbons (Fsp3) is 0.133. The van der Waals surface area contributed by atoms with Crippen molar-refractivity contribution in [2.75, 3.05) is 11.9 Å². The highest BCUT2D eigenvalue weighted by molar-refractivity contribution is 6.05. The van der Waals surface area contributed by atoms with Gasteiger partial charge in [0.05, 0.1) is 23.0 Å². The van der Waals surface area contributed by atoms with Gasteiger partial charge in [-0.25, -0.2) is 0 Å². The smallest absolute Gasteiger partial charge is 0.257 e. The van der Waals surface area contributed by atoms with Gasteiger partial charge in [0, 0.05) is 18.6 Å². The van der Waals surface area contributed by atoms with E-state index >= 15 is 0 Å². The van der Waals surface area contributed by atoms with Gasteiger partial charge < -0.3 is 10.4 Å². The monoisotopic (exact) mass is 267 g/mol. The Labute approximate surface area is 116 Å². The first kappa shape index (κ1) is 13.7. The van der Waals surface area contributed by atoms with Crippen molar-refractivity contribution < 1.29 is 9.90 Å². The first-order chi connectivity index (χ1) is 9.70. The first-order valence-corrected chi connectivity index (χ1v) is 5.97. The molecule has 20 heavy (non-hydrogen) atoms. The van der Waals surface area contributed by atoms with Crippen LogP contribution in [0.5, 0.6) is 0 Å². The number of carbonyl (C=O) groups excluding carboxylic acids is 1. The van der Waals surface area contributed by atoms with Gasteiger partial charge >= 0.3 is 0 Å². The molecular formula is C15H13N3O2. The molecule has 0 aliphatic heterocycles. The average Bonchev–Trinajstić information content (AvgIpc) is 2.45. The van der Waals surface area contributed by atoms with Crippen LogP contribution in [-0.4, -0.2) is 27.6 Å². The minimum Gasteiger partial charge on any atom is -0.384 e. The second kappa shape index (κ2) is 6.45. The second-order valence-electron chi connectivity index (χ2n) is 4.09. The summed E-state index contributed by atoms with van der Waals surface area (Å²) in [4.78, 5) is 20.2. The maximum atomic E-state index is 12.2. The second-order valence-corrected chi connectivity index (χ2v) is 4.09. The fourth-order valence-corrected chi connectivity index (χ4v) is 1.65. The molecule has 5 heteroatoms. The Morgan fingerprint density at radius 2 is 2.20 bits per heavy atom. The van der Waals surface area contributed by atoms with Crippen LogP contribution in [0.15, 0.2) is 36.9 Å². The van der Waals surface area contributed by atoms with Crippen LogP contribution in [0, 0.1) is 18.8 Å². The fourth-order valence-electron chi connectivity index (χ4n) is 1.65. The zero-order chi connectivity index (χ0) is 14.4. The number of hydrogen-bond acceptors (Lipinski definition) is 4. The van der Waals surface area contributed by atoms with Crippen molar-refractivity contribution in [3.05, 3.63) is 53.6 Å². The molecule has 0 aromatic carbocycles. The minimum absolute atomic E-state index is 0.266. The SMILES string of the molecule is Cc1cncc(NC(=O)c2ccncc2C#CCO)c1. The molecule has 100 valence electrons. The van der Waals surface area contributed by atoms with E-state index in [4.69, 9.17) is 5.11 Å². The molecule has 0 atom stereocenters. The van der Waals surface area contributed by atoms with Gasteiger partial charge in [0.2, 0.25) is 0 Å².